The largest absolute Gasteiger partial charge is 0.364 e. The van der Waals surface area contributed by atoms with E-state index in [4.69, 9.17) is 4.99 Å². The van der Waals surface area contributed by atoms with Gasteiger partial charge in [-0.05, 0) is 37.1 Å². The lowest BCUT2D eigenvalue weighted by Gasteiger charge is -2.19. The van der Waals surface area contributed by atoms with Crippen molar-refractivity contribution in [2.75, 3.05) is 24.5 Å². The van der Waals surface area contributed by atoms with E-state index in [1.54, 1.807) is 0 Å². The average molecular weight is 476 g/mol. The minimum Gasteiger partial charge on any atom is -0.364 e. The monoisotopic (exact) mass is 476 g/mol. The van der Waals surface area contributed by atoms with Crippen molar-refractivity contribution in [3.63, 3.8) is 0 Å². The van der Waals surface area contributed by atoms with E-state index in [0.29, 0.717) is 6.54 Å². The lowest BCUT2D eigenvalue weighted by Crippen LogP contribution is -2.38. The molecule has 1 aliphatic rings. The van der Waals surface area contributed by atoms with Gasteiger partial charge in [-0.2, -0.15) is 0 Å². The number of hydrogen-bond donors (Lipinski definition) is 2. The number of rotatable bonds is 6. The van der Waals surface area contributed by atoms with Crippen molar-refractivity contribution >= 4 is 35.6 Å². The summed E-state index contributed by atoms with van der Waals surface area (Å²) in [7, 11) is 0. The molecule has 3 rings (SSSR count). The molecule has 2 aromatic rings. The first kappa shape index (κ1) is 21.3. The molecule has 0 spiro atoms. The van der Waals surface area contributed by atoms with Crippen LogP contribution in [0.2, 0.25) is 0 Å². The van der Waals surface area contributed by atoms with E-state index in [2.05, 4.69) is 90.1 Å². The number of nitrogens with zero attached hydrogens (tertiary/aromatic N) is 2. The molecule has 2 N–H and O–H groups in total. The van der Waals surface area contributed by atoms with Crippen molar-refractivity contribution in [2.24, 2.45) is 4.99 Å². The Morgan fingerprint density at radius 2 is 1.70 bits per heavy atom. The molecule has 0 bridgehead atoms. The van der Waals surface area contributed by atoms with Crippen molar-refractivity contribution in [3.8, 4) is 0 Å². The molecule has 0 aliphatic carbocycles. The highest BCUT2D eigenvalue weighted by Crippen LogP contribution is 2.18. The summed E-state index contributed by atoms with van der Waals surface area (Å²) in [5.41, 5.74) is 3.73. The van der Waals surface area contributed by atoms with E-state index >= 15 is 0 Å². The van der Waals surface area contributed by atoms with Crippen LogP contribution in [0.15, 0.2) is 71.7 Å². The Morgan fingerprint density at radius 3 is 2.33 bits per heavy atom. The van der Waals surface area contributed by atoms with E-state index in [1.165, 1.54) is 16.8 Å². The summed E-state index contributed by atoms with van der Waals surface area (Å²) in [4.78, 5) is 7.09. The van der Waals surface area contributed by atoms with E-state index in [1.807, 2.05) is 6.07 Å². The fraction of sp³-hybridized carbons (Fsp3) is 0.318. The van der Waals surface area contributed by atoms with Gasteiger partial charge in [-0.1, -0.05) is 54.6 Å². The zero-order valence-electron chi connectivity index (χ0n) is 16.1. The number of halogens is 1. The molecule has 1 unspecified atom stereocenters. The molecule has 1 aliphatic heterocycles. The predicted octanol–water partition coefficient (Wildman–Crippen LogP) is 4.50. The zero-order chi connectivity index (χ0) is 18.2. The Balaban J connectivity index is 0.00000261. The van der Waals surface area contributed by atoms with Gasteiger partial charge >= 0.3 is 0 Å². The topological polar surface area (TPSA) is 39.7 Å². The summed E-state index contributed by atoms with van der Waals surface area (Å²) >= 11 is 0. The lowest BCUT2D eigenvalue weighted by atomic mass is 10.1. The zero-order valence-corrected chi connectivity index (χ0v) is 18.4. The molecule has 1 atom stereocenters. The quantitative estimate of drug-likeness (QED) is 0.279. The molecular weight excluding hydrogens is 447 g/mol. The number of benzene rings is 2. The second-order valence-corrected chi connectivity index (χ2v) is 6.51. The van der Waals surface area contributed by atoms with Crippen molar-refractivity contribution in [2.45, 2.75) is 26.4 Å². The highest BCUT2D eigenvalue weighted by molar-refractivity contribution is 14.0. The molecule has 0 fully saturated rings. The van der Waals surface area contributed by atoms with Crippen LogP contribution < -0.4 is 15.5 Å². The minimum absolute atomic E-state index is 0. The second-order valence-electron chi connectivity index (χ2n) is 6.51. The van der Waals surface area contributed by atoms with Crippen molar-refractivity contribution < 1.29 is 0 Å². The van der Waals surface area contributed by atoms with Gasteiger partial charge in [0.05, 0.1) is 12.6 Å². The van der Waals surface area contributed by atoms with Gasteiger partial charge in [0, 0.05) is 25.3 Å². The van der Waals surface area contributed by atoms with Crippen molar-refractivity contribution in [1.82, 2.24) is 10.6 Å². The maximum Gasteiger partial charge on any atom is 0.192 e. The minimum atomic E-state index is 0. The number of aliphatic imine (C=N–C) groups is 1. The molecule has 1 heterocycles. The summed E-state index contributed by atoms with van der Waals surface area (Å²) in [6, 6.07) is 19.3. The number of hydrogen-bond acceptors (Lipinski definition) is 2. The van der Waals surface area contributed by atoms with Crippen molar-refractivity contribution in [3.05, 3.63) is 77.9 Å². The summed E-state index contributed by atoms with van der Waals surface area (Å²) in [6.45, 7) is 7.75. The third-order valence-electron chi connectivity index (χ3n) is 4.54. The Kier molecular flexibility index (Phi) is 8.64. The van der Waals surface area contributed by atoms with Crippen LogP contribution in [-0.2, 0) is 6.54 Å². The van der Waals surface area contributed by atoms with E-state index in [0.717, 1.165) is 25.6 Å². The van der Waals surface area contributed by atoms with Gasteiger partial charge in [-0.3, -0.25) is 0 Å². The predicted molar refractivity (Wildman–Crippen MR) is 126 cm³/mol. The standard InChI is InChI=1S/C22H28N4.HI/c1-3-23-22(25-18(2)20-9-5-4-6-10-20)24-17-19-11-13-21(14-12-19)26-15-7-8-16-26;/h4-14,18H,3,15-17H2,1-2H3,(H2,23,24,25);1H. The first-order chi connectivity index (χ1) is 12.8. The number of nitrogens with one attached hydrogen (secondary N) is 2. The number of anilines is 1. The van der Waals surface area contributed by atoms with Gasteiger partial charge in [0.2, 0.25) is 0 Å². The molecule has 4 nitrogen and oxygen atoms in total. The summed E-state index contributed by atoms with van der Waals surface area (Å²) < 4.78 is 0. The molecule has 0 amide bonds. The molecule has 0 saturated heterocycles. The molecular formula is C22H29IN4. The number of guanidine groups is 1. The maximum absolute atomic E-state index is 4.74. The highest BCUT2D eigenvalue weighted by Gasteiger charge is 2.08. The smallest absolute Gasteiger partial charge is 0.192 e. The first-order valence-electron chi connectivity index (χ1n) is 9.35. The van der Waals surface area contributed by atoms with Crippen molar-refractivity contribution in [1.29, 1.82) is 0 Å². The van der Waals surface area contributed by atoms with E-state index < -0.39 is 0 Å². The van der Waals surface area contributed by atoms with E-state index in [9.17, 15) is 0 Å². The molecule has 5 heteroatoms. The van der Waals surface area contributed by atoms with Gasteiger partial charge in [0.15, 0.2) is 5.96 Å². The molecule has 27 heavy (non-hydrogen) atoms. The van der Waals surface area contributed by atoms with Gasteiger partial charge < -0.3 is 15.5 Å². The van der Waals surface area contributed by atoms with Crippen LogP contribution in [0.1, 0.15) is 31.0 Å². The highest BCUT2D eigenvalue weighted by atomic mass is 127. The Morgan fingerprint density at radius 1 is 1.04 bits per heavy atom. The fourth-order valence-electron chi connectivity index (χ4n) is 3.02. The van der Waals surface area contributed by atoms with Crippen LogP contribution in [-0.4, -0.2) is 25.6 Å². The Hall–Kier alpha value is -2.02. The maximum atomic E-state index is 4.74. The summed E-state index contributed by atoms with van der Waals surface area (Å²) in [5.74, 6) is 0.844. The first-order valence-corrected chi connectivity index (χ1v) is 9.35. The molecule has 0 saturated carbocycles. The molecule has 2 aromatic carbocycles. The van der Waals surface area contributed by atoms with Crippen LogP contribution in [0, 0.1) is 0 Å². The van der Waals surface area contributed by atoms with Crippen LogP contribution in [0.3, 0.4) is 0 Å². The summed E-state index contributed by atoms with van der Waals surface area (Å²) in [5, 5.41) is 6.82. The Bertz CT molecular complexity index is 733. The second kappa shape index (κ2) is 11.0. The van der Waals surface area contributed by atoms with E-state index in [-0.39, 0.29) is 30.0 Å². The van der Waals surface area contributed by atoms with Gasteiger partial charge in [-0.15, -0.1) is 24.0 Å². The lowest BCUT2D eigenvalue weighted by molar-refractivity contribution is 0.686. The van der Waals surface area contributed by atoms with Crippen LogP contribution in [0.4, 0.5) is 5.69 Å². The Labute approximate surface area is 179 Å². The molecule has 0 radical (unpaired) electrons. The SMILES string of the molecule is CCNC(=NCc1ccc(N2CC=CC2)cc1)NC(C)c1ccccc1.I. The van der Waals surface area contributed by atoms with Crippen LogP contribution in [0.25, 0.3) is 0 Å². The van der Waals surface area contributed by atoms with Gasteiger partial charge in [-0.25, -0.2) is 4.99 Å². The van der Waals surface area contributed by atoms with Gasteiger partial charge in [0.25, 0.3) is 0 Å². The third kappa shape index (κ3) is 6.27. The third-order valence-corrected chi connectivity index (χ3v) is 4.54. The van der Waals surface area contributed by atoms with Crippen LogP contribution in [0.5, 0.6) is 0 Å². The normalized spacial score (nSPS) is 14.6. The fourth-order valence-corrected chi connectivity index (χ4v) is 3.02. The average Bonchev–Trinajstić information content (AvgIpc) is 3.22. The summed E-state index contributed by atoms with van der Waals surface area (Å²) in [6.07, 6.45) is 4.42. The van der Waals surface area contributed by atoms with Crippen LogP contribution >= 0.6 is 24.0 Å². The molecule has 0 aromatic heterocycles. The molecule has 144 valence electrons. The van der Waals surface area contributed by atoms with Gasteiger partial charge in [0.1, 0.15) is 0 Å².